The number of nitrogens with one attached hydrogen (secondary N) is 1. The number of carboxylic acids is 1. The van der Waals surface area contributed by atoms with E-state index in [0.29, 0.717) is 53.0 Å². The number of carbonyl (C=O) groups is 2. The first-order valence-corrected chi connectivity index (χ1v) is 12.4. The molecule has 36 heavy (non-hydrogen) atoms. The van der Waals surface area contributed by atoms with E-state index in [4.69, 9.17) is 4.74 Å². The van der Waals surface area contributed by atoms with Crippen LogP contribution in [0.2, 0.25) is 0 Å². The third-order valence-corrected chi connectivity index (χ3v) is 6.23. The lowest BCUT2D eigenvalue weighted by molar-refractivity contribution is -0.121. The van der Waals surface area contributed by atoms with Crippen LogP contribution >= 0.6 is 12.6 Å². The molecule has 0 radical (unpaired) electrons. The first-order valence-electron chi connectivity index (χ1n) is 11.9. The number of hydrogen-bond acceptors (Lipinski definition) is 5. The van der Waals surface area contributed by atoms with Gasteiger partial charge in [0.15, 0.2) is 0 Å². The summed E-state index contributed by atoms with van der Waals surface area (Å²) in [6.45, 7) is 8.42. The molecule has 0 saturated carbocycles. The molecule has 0 aliphatic rings. The van der Waals surface area contributed by atoms with Crippen LogP contribution in [-0.2, 0) is 17.9 Å². The predicted octanol–water partition coefficient (Wildman–Crippen LogP) is 5.10. The smallest absolute Gasteiger partial charge is 0.336 e. The van der Waals surface area contributed by atoms with Crippen LogP contribution in [0.25, 0.3) is 11.1 Å². The summed E-state index contributed by atoms with van der Waals surface area (Å²) in [6, 6.07) is 11.5. The number of imidazole rings is 1. The number of carboxylic acid groups (broad SMARTS) is 1. The number of ether oxygens (including phenoxy) is 1. The highest BCUT2D eigenvalue weighted by atomic mass is 32.1. The number of aromatic nitrogens is 2. The molecule has 0 fully saturated rings. The van der Waals surface area contributed by atoms with Gasteiger partial charge in [-0.25, -0.2) is 14.2 Å². The highest BCUT2D eigenvalue weighted by molar-refractivity contribution is 7.81. The Morgan fingerprint density at radius 2 is 1.94 bits per heavy atom. The van der Waals surface area contributed by atoms with Gasteiger partial charge in [-0.3, -0.25) is 9.36 Å². The molecule has 0 saturated heterocycles. The van der Waals surface area contributed by atoms with E-state index in [9.17, 15) is 14.7 Å². The third-order valence-electron chi connectivity index (χ3n) is 5.79. The van der Waals surface area contributed by atoms with Crippen molar-refractivity contribution in [2.45, 2.75) is 52.5 Å². The second-order valence-electron chi connectivity index (χ2n) is 8.97. The molecule has 0 bridgehead atoms. The van der Waals surface area contributed by atoms with Gasteiger partial charge in [0.05, 0.1) is 41.9 Å². The summed E-state index contributed by atoms with van der Waals surface area (Å²) >= 11 is 4.41. The number of nitrogens with zero attached hydrogens (tertiary/aromatic N) is 2. The molecule has 192 valence electrons. The molecule has 7 nitrogen and oxygen atoms in total. The van der Waals surface area contributed by atoms with E-state index in [1.807, 2.05) is 27.7 Å². The number of rotatable bonds is 11. The van der Waals surface area contributed by atoms with E-state index < -0.39 is 17.0 Å². The van der Waals surface area contributed by atoms with Crippen LogP contribution in [0.4, 0.5) is 4.39 Å². The van der Waals surface area contributed by atoms with Gasteiger partial charge in [-0.1, -0.05) is 44.2 Å². The standard InChI is InChI=1S/C27H32FN3O4S/c1-5-35-27-30-17(4)23(14-29-25(32)24(36)12-16(2)3)31(27)15-19-11-10-18(13-22(19)28)20-8-6-7-9-21(20)26(33)34/h6-11,13,16,24,36H,5,12,14-15H2,1-4H3,(H,29,32)(H,33,34). The molecule has 3 rings (SSSR count). The van der Waals surface area contributed by atoms with Crippen molar-refractivity contribution in [3.8, 4) is 17.1 Å². The second kappa shape index (κ2) is 12.1. The number of thiol groups is 1. The molecule has 1 amide bonds. The van der Waals surface area contributed by atoms with Gasteiger partial charge in [-0.15, -0.1) is 0 Å². The first-order chi connectivity index (χ1) is 17.1. The van der Waals surface area contributed by atoms with Gasteiger partial charge in [-0.05, 0) is 49.4 Å². The van der Waals surface area contributed by atoms with E-state index in [1.54, 1.807) is 34.9 Å². The number of amides is 1. The van der Waals surface area contributed by atoms with Gasteiger partial charge in [-0.2, -0.15) is 12.6 Å². The minimum atomic E-state index is -1.08. The largest absolute Gasteiger partial charge is 0.478 e. The first kappa shape index (κ1) is 27.3. The number of hydrogen-bond donors (Lipinski definition) is 3. The number of carbonyl (C=O) groups excluding carboxylic acids is 1. The minimum Gasteiger partial charge on any atom is -0.478 e. The van der Waals surface area contributed by atoms with Crippen molar-refractivity contribution in [2.75, 3.05) is 6.61 Å². The van der Waals surface area contributed by atoms with Crippen LogP contribution in [0, 0.1) is 18.7 Å². The third kappa shape index (κ3) is 6.46. The normalized spacial score (nSPS) is 12.0. The Morgan fingerprint density at radius 3 is 2.58 bits per heavy atom. The van der Waals surface area contributed by atoms with Crippen LogP contribution in [0.3, 0.4) is 0 Å². The summed E-state index contributed by atoms with van der Waals surface area (Å²) in [7, 11) is 0. The van der Waals surface area contributed by atoms with Gasteiger partial charge in [0.25, 0.3) is 6.01 Å². The number of aromatic carboxylic acids is 1. The molecule has 1 atom stereocenters. The average Bonchev–Trinajstić information content (AvgIpc) is 3.12. The van der Waals surface area contributed by atoms with Crippen molar-refractivity contribution in [3.05, 3.63) is 70.8 Å². The SMILES string of the molecule is CCOc1nc(C)c(CNC(=O)C(S)CC(C)C)n1Cc1ccc(-c2ccccc2C(=O)O)cc1F. The van der Waals surface area contributed by atoms with Gasteiger partial charge in [0, 0.05) is 5.56 Å². The molecule has 1 heterocycles. The van der Waals surface area contributed by atoms with E-state index in [1.165, 1.54) is 12.1 Å². The van der Waals surface area contributed by atoms with Crippen LogP contribution < -0.4 is 10.1 Å². The van der Waals surface area contributed by atoms with Gasteiger partial charge in [0.1, 0.15) is 5.82 Å². The summed E-state index contributed by atoms with van der Waals surface area (Å²) in [5, 5.41) is 12.0. The van der Waals surface area contributed by atoms with Crippen LogP contribution in [0.15, 0.2) is 42.5 Å². The Bertz CT molecular complexity index is 1240. The quantitative estimate of drug-likeness (QED) is 0.310. The van der Waals surface area contributed by atoms with Crippen molar-refractivity contribution in [1.29, 1.82) is 0 Å². The monoisotopic (exact) mass is 513 g/mol. The van der Waals surface area contributed by atoms with Crippen molar-refractivity contribution in [1.82, 2.24) is 14.9 Å². The molecule has 0 spiro atoms. The average molecular weight is 514 g/mol. The summed E-state index contributed by atoms with van der Waals surface area (Å²) < 4.78 is 22.7. The van der Waals surface area contributed by atoms with Gasteiger partial charge < -0.3 is 15.2 Å². The van der Waals surface area contributed by atoms with Gasteiger partial charge in [0.2, 0.25) is 5.91 Å². The Labute approximate surface area is 216 Å². The molecular weight excluding hydrogens is 481 g/mol. The summed E-state index contributed by atoms with van der Waals surface area (Å²) in [5.41, 5.74) is 2.77. The maximum Gasteiger partial charge on any atom is 0.336 e. The summed E-state index contributed by atoms with van der Waals surface area (Å²) in [6.07, 6.45) is 0.653. The van der Waals surface area contributed by atoms with Crippen LogP contribution in [0.1, 0.15) is 54.5 Å². The topological polar surface area (TPSA) is 93.5 Å². The lowest BCUT2D eigenvalue weighted by atomic mass is 9.98. The molecule has 0 aliphatic heterocycles. The molecule has 1 unspecified atom stereocenters. The van der Waals surface area contributed by atoms with E-state index >= 15 is 4.39 Å². The zero-order chi connectivity index (χ0) is 26.4. The Morgan fingerprint density at radius 1 is 1.22 bits per heavy atom. The Balaban J connectivity index is 1.89. The number of benzene rings is 2. The molecule has 3 aromatic rings. The maximum absolute atomic E-state index is 15.2. The van der Waals surface area contributed by atoms with E-state index in [2.05, 4.69) is 22.9 Å². The van der Waals surface area contributed by atoms with Crippen molar-refractivity contribution < 1.29 is 23.8 Å². The van der Waals surface area contributed by atoms with E-state index in [-0.39, 0.29) is 24.6 Å². The molecule has 2 N–H and O–H groups in total. The lowest BCUT2D eigenvalue weighted by Crippen LogP contribution is -2.32. The Kier molecular flexibility index (Phi) is 9.14. The maximum atomic E-state index is 15.2. The predicted molar refractivity (Wildman–Crippen MR) is 140 cm³/mol. The van der Waals surface area contributed by atoms with Gasteiger partial charge >= 0.3 is 5.97 Å². The summed E-state index contributed by atoms with van der Waals surface area (Å²) in [4.78, 5) is 28.6. The van der Waals surface area contributed by atoms with Crippen molar-refractivity contribution in [2.24, 2.45) is 5.92 Å². The molecular formula is C27H32FN3O4S. The van der Waals surface area contributed by atoms with Crippen LogP contribution in [-0.4, -0.2) is 38.4 Å². The highest BCUT2D eigenvalue weighted by Crippen LogP contribution is 2.27. The van der Waals surface area contributed by atoms with E-state index in [0.717, 1.165) is 0 Å². The van der Waals surface area contributed by atoms with Crippen LogP contribution in [0.5, 0.6) is 6.01 Å². The number of halogens is 1. The zero-order valence-corrected chi connectivity index (χ0v) is 21.8. The van der Waals surface area contributed by atoms with Crippen molar-refractivity contribution >= 4 is 24.5 Å². The zero-order valence-electron chi connectivity index (χ0n) is 20.9. The fourth-order valence-corrected chi connectivity index (χ4v) is 4.49. The molecule has 9 heteroatoms. The minimum absolute atomic E-state index is 0.103. The molecule has 1 aromatic heterocycles. The number of aryl methyl sites for hydroxylation is 1. The molecule has 0 aliphatic carbocycles. The fraction of sp³-hybridized carbons (Fsp3) is 0.370. The lowest BCUT2D eigenvalue weighted by Gasteiger charge is -2.16. The summed E-state index contributed by atoms with van der Waals surface area (Å²) in [5.74, 6) is -1.40. The highest BCUT2D eigenvalue weighted by Gasteiger charge is 2.21. The Hall–Kier alpha value is -3.33. The molecule has 2 aromatic carbocycles. The fourth-order valence-electron chi connectivity index (χ4n) is 3.98. The van der Waals surface area contributed by atoms with Crippen molar-refractivity contribution in [3.63, 3.8) is 0 Å². The second-order valence-corrected chi connectivity index (χ2v) is 9.59.